The quantitative estimate of drug-likeness (QED) is 0.360. The highest BCUT2D eigenvalue weighted by Crippen LogP contribution is 2.24. The molecule has 2 nitrogen and oxygen atoms in total. The molecule has 0 amide bonds. The number of ether oxygens (including phenoxy) is 1. The number of carbonyl (C=O) groups excluding carboxylic acids is 1. The van der Waals surface area contributed by atoms with E-state index in [1.54, 1.807) is 11.8 Å². The van der Waals surface area contributed by atoms with Crippen molar-refractivity contribution in [1.29, 1.82) is 0 Å². The minimum absolute atomic E-state index is 0.0279. The summed E-state index contributed by atoms with van der Waals surface area (Å²) in [5.41, 5.74) is 0. The maximum absolute atomic E-state index is 12.7. The van der Waals surface area contributed by atoms with E-state index in [9.17, 15) is 13.6 Å². The average molecular weight is 324 g/mol. The Balaban J connectivity index is 3.77. The van der Waals surface area contributed by atoms with E-state index in [-0.39, 0.29) is 12.4 Å². The molecule has 5 heteroatoms. The van der Waals surface area contributed by atoms with Gasteiger partial charge in [0.2, 0.25) is 5.92 Å². The molecule has 0 fully saturated rings. The minimum Gasteiger partial charge on any atom is -0.464 e. The summed E-state index contributed by atoms with van der Waals surface area (Å²) in [6, 6.07) is 0. The number of hydrogen-bond acceptors (Lipinski definition) is 3. The van der Waals surface area contributed by atoms with Crippen LogP contribution in [0.1, 0.15) is 66.2 Å². The van der Waals surface area contributed by atoms with E-state index in [2.05, 4.69) is 13.8 Å². The number of halogens is 2. The molecule has 0 aliphatic rings. The van der Waals surface area contributed by atoms with Gasteiger partial charge in [0.15, 0.2) is 0 Å². The van der Waals surface area contributed by atoms with Crippen molar-refractivity contribution in [2.24, 2.45) is 5.92 Å². The summed E-state index contributed by atoms with van der Waals surface area (Å²) < 4.78 is 30.6. The van der Waals surface area contributed by atoms with Crippen LogP contribution in [0.4, 0.5) is 8.78 Å². The van der Waals surface area contributed by atoms with Crippen molar-refractivity contribution in [3.63, 3.8) is 0 Å². The van der Waals surface area contributed by atoms with Crippen LogP contribution in [0.2, 0.25) is 0 Å². The van der Waals surface area contributed by atoms with Gasteiger partial charge in [0.1, 0.15) is 6.61 Å². The summed E-state index contributed by atoms with van der Waals surface area (Å²) >= 11 is 1.78. The topological polar surface area (TPSA) is 26.3 Å². The summed E-state index contributed by atoms with van der Waals surface area (Å²) in [4.78, 5) is 11.4. The van der Waals surface area contributed by atoms with E-state index in [0.29, 0.717) is 30.6 Å². The van der Waals surface area contributed by atoms with Crippen molar-refractivity contribution in [1.82, 2.24) is 0 Å². The van der Waals surface area contributed by atoms with Gasteiger partial charge in [-0.3, -0.25) is 4.79 Å². The van der Waals surface area contributed by atoms with Crippen LogP contribution in [0.3, 0.4) is 0 Å². The lowest BCUT2D eigenvalue weighted by Gasteiger charge is -2.20. The van der Waals surface area contributed by atoms with Crippen LogP contribution in [-0.2, 0) is 9.53 Å². The monoisotopic (exact) mass is 324 g/mol. The third-order valence-corrected chi connectivity index (χ3v) is 4.83. The van der Waals surface area contributed by atoms with Crippen LogP contribution in [0.25, 0.3) is 0 Å². The first-order valence-electron chi connectivity index (χ1n) is 7.91. The van der Waals surface area contributed by atoms with Crippen LogP contribution in [-0.4, -0.2) is 29.5 Å². The molecule has 0 aromatic heterocycles. The predicted molar refractivity (Wildman–Crippen MR) is 86.0 cm³/mol. The van der Waals surface area contributed by atoms with Gasteiger partial charge in [-0.25, -0.2) is 8.78 Å². The molecule has 1 unspecified atom stereocenters. The molecular formula is C16H30F2O2S. The molecule has 0 aromatic carbocycles. The summed E-state index contributed by atoms with van der Waals surface area (Å²) in [6.45, 7) is 7.61. The molecule has 0 heterocycles. The Hall–Kier alpha value is -0.320. The van der Waals surface area contributed by atoms with Gasteiger partial charge in [-0.15, -0.1) is 0 Å². The molecule has 0 rings (SSSR count). The van der Waals surface area contributed by atoms with Gasteiger partial charge in [0.25, 0.3) is 0 Å². The Kier molecular flexibility index (Phi) is 11.1. The van der Waals surface area contributed by atoms with Gasteiger partial charge in [-0.1, -0.05) is 27.2 Å². The first-order valence-corrected chi connectivity index (χ1v) is 8.96. The molecule has 0 spiro atoms. The zero-order chi connectivity index (χ0) is 16.3. The Morgan fingerprint density at radius 3 is 2.43 bits per heavy atom. The second-order valence-electron chi connectivity index (χ2n) is 5.97. The molecule has 1 atom stereocenters. The molecule has 0 aliphatic carbocycles. The van der Waals surface area contributed by atoms with Crippen molar-refractivity contribution < 1.29 is 18.3 Å². The number of rotatable bonds is 12. The Morgan fingerprint density at radius 1 is 1.24 bits per heavy atom. The molecule has 21 heavy (non-hydrogen) atoms. The van der Waals surface area contributed by atoms with Crippen molar-refractivity contribution in [2.75, 3.05) is 12.4 Å². The molecule has 0 saturated carbocycles. The summed E-state index contributed by atoms with van der Waals surface area (Å²) in [7, 11) is 0. The normalized spacial score (nSPS) is 13.5. The lowest BCUT2D eigenvalue weighted by Crippen LogP contribution is -2.21. The average Bonchev–Trinajstić information content (AvgIpc) is 2.35. The third kappa shape index (κ3) is 13.1. The molecular weight excluding hydrogens is 294 g/mol. The number of unbranched alkanes of at least 4 members (excludes halogenated alkanes) is 2. The van der Waals surface area contributed by atoms with Gasteiger partial charge >= 0.3 is 5.97 Å². The van der Waals surface area contributed by atoms with Gasteiger partial charge in [0, 0.05) is 18.1 Å². The number of esters is 1. The fourth-order valence-electron chi connectivity index (χ4n) is 1.83. The number of hydrogen-bond donors (Lipinski definition) is 0. The van der Waals surface area contributed by atoms with Crippen LogP contribution < -0.4 is 0 Å². The third-order valence-electron chi connectivity index (χ3n) is 3.20. The Morgan fingerprint density at radius 2 is 1.90 bits per heavy atom. The number of carbonyl (C=O) groups is 1. The zero-order valence-electron chi connectivity index (χ0n) is 13.8. The largest absolute Gasteiger partial charge is 0.464 e. The smallest absolute Gasteiger partial charge is 0.305 e. The van der Waals surface area contributed by atoms with Gasteiger partial charge in [-0.2, -0.15) is 11.8 Å². The molecule has 0 radical (unpaired) electrons. The summed E-state index contributed by atoms with van der Waals surface area (Å²) in [6.07, 6.45) is 3.59. The van der Waals surface area contributed by atoms with Crippen LogP contribution in [0, 0.1) is 5.92 Å². The first kappa shape index (κ1) is 20.7. The van der Waals surface area contributed by atoms with E-state index in [0.717, 1.165) is 31.9 Å². The second kappa shape index (κ2) is 11.3. The highest BCUT2D eigenvalue weighted by molar-refractivity contribution is 7.99. The molecule has 0 bridgehead atoms. The van der Waals surface area contributed by atoms with E-state index in [1.807, 2.05) is 6.92 Å². The molecule has 0 aliphatic heterocycles. The van der Waals surface area contributed by atoms with Crippen LogP contribution >= 0.6 is 11.8 Å². The molecule has 0 aromatic rings. The van der Waals surface area contributed by atoms with Crippen LogP contribution in [0.15, 0.2) is 0 Å². The lowest BCUT2D eigenvalue weighted by atomic mass is 10.1. The van der Waals surface area contributed by atoms with E-state index in [4.69, 9.17) is 4.74 Å². The Bertz CT molecular complexity index is 278. The first-order chi connectivity index (χ1) is 9.76. The number of thioether (sulfide) groups is 1. The second-order valence-corrected chi connectivity index (χ2v) is 7.31. The standard InChI is InChI=1S/C16H30F2O2S/c1-5-9-15(19)20-12-14(13(2)3)21-11-8-6-7-10-16(4,17)18/h13-14H,5-12H2,1-4H3. The predicted octanol–water partition coefficient (Wildman–Crippen LogP) is 5.30. The molecule has 0 saturated heterocycles. The van der Waals surface area contributed by atoms with Gasteiger partial charge < -0.3 is 4.74 Å². The van der Waals surface area contributed by atoms with E-state index in [1.165, 1.54) is 0 Å². The fraction of sp³-hybridized carbons (Fsp3) is 0.938. The minimum atomic E-state index is -2.54. The maximum atomic E-state index is 12.7. The SMILES string of the molecule is CCCC(=O)OCC(SCCCCCC(C)(F)F)C(C)C. The maximum Gasteiger partial charge on any atom is 0.305 e. The molecule has 0 N–H and O–H groups in total. The van der Waals surface area contributed by atoms with Gasteiger partial charge in [-0.05, 0) is 37.9 Å². The lowest BCUT2D eigenvalue weighted by molar-refractivity contribution is -0.143. The van der Waals surface area contributed by atoms with Crippen molar-refractivity contribution in [3.8, 4) is 0 Å². The fourth-order valence-corrected chi connectivity index (χ4v) is 3.06. The Labute approximate surface area is 132 Å². The number of alkyl halides is 2. The molecule has 126 valence electrons. The summed E-state index contributed by atoms with van der Waals surface area (Å²) in [5.74, 6) is -1.30. The summed E-state index contributed by atoms with van der Waals surface area (Å²) in [5, 5.41) is 0.290. The van der Waals surface area contributed by atoms with Crippen molar-refractivity contribution >= 4 is 17.7 Å². The van der Waals surface area contributed by atoms with Crippen LogP contribution in [0.5, 0.6) is 0 Å². The van der Waals surface area contributed by atoms with Crippen molar-refractivity contribution in [3.05, 3.63) is 0 Å². The van der Waals surface area contributed by atoms with E-state index < -0.39 is 5.92 Å². The highest BCUT2D eigenvalue weighted by atomic mass is 32.2. The van der Waals surface area contributed by atoms with Gasteiger partial charge in [0.05, 0.1) is 0 Å². The highest BCUT2D eigenvalue weighted by Gasteiger charge is 2.20. The zero-order valence-corrected chi connectivity index (χ0v) is 14.6. The van der Waals surface area contributed by atoms with E-state index >= 15 is 0 Å². The van der Waals surface area contributed by atoms with Crippen molar-refractivity contribution in [2.45, 2.75) is 77.4 Å².